The van der Waals surface area contributed by atoms with E-state index in [1.165, 1.54) is 31.2 Å². The number of carbonyl (C=O) groups excluding carboxylic acids is 3. The first kappa shape index (κ1) is 15.2. The van der Waals surface area contributed by atoms with Crippen LogP contribution >= 0.6 is 0 Å². The highest BCUT2D eigenvalue weighted by Gasteiger charge is 2.17. The number of hydrogen-bond donors (Lipinski definition) is 2. The van der Waals surface area contributed by atoms with Crippen LogP contribution in [0.15, 0.2) is 24.3 Å². The second kappa shape index (κ2) is 6.95. The lowest BCUT2D eigenvalue weighted by molar-refractivity contribution is -0.131. The Bertz CT molecular complexity index is 558. The van der Waals surface area contributed by atoms with Crippen LogP contribution in [0.4, 0.5) is 0 Å². The Morgan fingerprint density at radius 3 is 2.40 bits per heavy atom. The number of primary amides is 1. The average Bonchev–Trinajstić information content (AvgIpc) is 2.38. The fourth-order valence-corrected chi connectivity index (χ4v) is 1.42. The highest BCUT2D eigenvalue weighted by molar-refractivity contribution is 5.97. The van der Waals surface area contributed by atoms with Crippen LogP contribution in [0.25, 0.3) is 0 Å². The van der Waals surface area contributed by atoms with Gasteiger partial charge in [0.15, 0.2) is 0 Å². The second-order valence-electron chi connectivity index (χ2n) is 3.95. The molecule has 0 saturated heterocycles. The third-order valence-corrected chi connectivity index (χ3v) is 2.35. The molecule has 0 fully saturated rings. The lowest BCUT2D eigenvalue weighted by atomic mass is 10.1. The van der Waals surface area contributed by atoms with Gasteiger partial charge in [0.25, 0.3) is 5.91 Å². The molecule has 6 heteroatoms. The molecule has 1 atom stereocenters. The molecule has 0 aromatic heterocycles. The largest absolute Gasteiger partial charge is 0.427 e. The quantitative estimate of drug-likeness (QED) is 0.456. The number of rotatable bonds is 5. The van der Waals surface area contributed by atoms with E-state index in [1.807, 2.05) is 0 Å². The number of esters is 1. The fraction of sp³-hybridized carbons (Fsp3) is 0.214. The van der Waals surface area contributed by atoms with Crippen molar-refractivity contribution in [3.05, 3.63) is 29.8 Å². The molecule has 3 N–H and O–H groups in total. The summed E-state index contributed by atoms with van der Waals surface area (Å²) in [5.74, 6) is 0.945. The zero-order valence-electron chi connectivity index (χ0n) is 10.9. The van der Waals surface area contributed by atoms with E-state index in [1.54, 1.807) is 0 Å². The van der Waals surface area contributed by atoms with Crippen molar-refractivity contribution in [2.75, 3.05) is 0 Å². The van der Waals surface area contributed by atoms with Crippen molar-refractivity contribution in [1.29, 1.82) is 0 Å². The highest BCUT2D eigenvalue weighted by atomic mass is 16.5. The van der Waals surface area contributed by atoms with E-state index in [9.17, 15) is 14.4 Å². The first-order chi connectivity index (χ1) is 9.43. The number of nitrogens with one attached hydrogen (secondary N) is 1. The predicted octanol–water partition coefficient (Wildman–Crippen LogP) is 0.219. The van der Waals surface area contributed by atoms with Crippen molar-refractivity contribution >= 4 is 17.8 Å². The number of terminal acetylenes is 1. The van der Waals surface area contributed by atoms with Crippen LogP contribution in [0.2, 0.25) is 0 Å². The lowest BCUT2D eigenvalue weighted by Crippen LogP contribution is -2.44. The van der Waals surface area contributed by atoms with Crippen molar-refractivity contribution in [2.45, 2.75) is 19.4 Å². The Hall–Kier alpha value is -2.81. The third-order valence-electron chi connectivity index (χ3n) is 2.35. The van der Waals surface area contributed by atoms with Crippen LogP contribution in [0.3, 0.4) is 0 Å². The Kier molecular flexibility index (Phi) is 5.30. The van der Waals surface area contributed by atoms with Gasteiger partial charge in [-0.3, -0.25) is 14.4 Å². The zero-order chi connectivity index (χ0) is 15.1. The molecule has 0 unspecified atom stereocenters. The molecule has 0 aliphatic heterocycles. The Labute approximate surface area is 116 Å². The molecule has 20 heavy (non-hydrogen) atoms. The summed E-state index contributed by atoms with van der Waals surface area (Å²) >= 11 is 0. The molecule has 0 heterocycles. The molecule has 0 aliphatic rings. The summed E-state index contributed by atoms with van der Waals surface area (Å²) in [6, 6.07) is 4.94. The Morgan fingerprint density at radius 1 is 1.35 bits per heavy atom. The van der Waals surface area contributed by atoms with Crippen LogP contribution in [0.1, 0.15) is 23.7 Å². The number of amides is 2. The molecule has 1 aromatic rings. The standard InChI is InChI=1S/C14H14N2O4/c1-3-4-12(13(15)18)16-14(19)10-5-7-11(8-6-10)20-9(2)17/h1,5-8,12H,4H2,2H3,(H2,15,18)(H,16,19)/t12-/m0/s1. The highest BCUT2D eigenvalue weighted by Crippen LogP contribution is 2.12. The van der Waals surface area contributed by atoms with E-state index < -0.39 is 23.8 Å². The molecule has 0 spiro atoms. The number of nitrogens with two attached hydrogens (primary N) is 1. The molecule has 2 amide bonds. The maximum absolute atomic E-state index is 11.9. The zero-order valence-corrected chi connectivity index (χ0v) is 10.9. The number of carbonyl (C=O) groups is 3. The van der Waals surface area contributed by atoms with Gasteiger partial charge in [0, 0.05) is 18.9 Å². The summed E-state index contributed by atoms with van der Waals surface area (Å²) in [6.07, 6.45) is 5.11. The fourth-order valence-electron chi connectivity index (χ4n) is 1.42. The summed E-state index contributed by atoms with van der Waals surface area (Å²) in [5.41, 5.74) is 5.42. The van der Waals surface area contributed by atoms with Crippen LogP contribution in [-0.2, 0) is 9.59 Å². The minimum absolute atomic E-state index is 0.0204. The molecular formula is C14H14N2O4. The minimum Gasteiger partial charge on any atom is -0.427 e. The number of benzene rings is 1. The summed E-state index contributed by atoms with van der Waals surface area (Å²) < 4.78 is 4.84. The van der Waals surface area contributed by atoms with Crippen molar-refractivity contribution < 1.29 is 19.1 Å². The van der Waals surface area contributed by atoms with E-state index >= 15 is 0 Å². The van der Waals surface area contributed by atoms with E-state index in [4.69, 9.17) is 16.9 Å². The van der Waals surface area contributed by atoms with Crippen LogP contribution in [0, 0.1) is 12.3 Å². The van der Waals surface area contributed by atoms with Gasteiger partial charge in [0.2, 0.25) is 5.91 Å². The van der Waals surface area contributed by atoms with E-state index in [-0.39, 0.29) is 6.42 Å². The normalized spacial score (nSPS) is 11.0. The Morgan fingerprint density at radius 2 is 1.95 bits per heavy atom. The van der Waals surface area contributed by atoms with Crippen molar-refractivity contribution in [2.24, 2.45) is 5.73 Å². The summed E-state index contributed by atoms with van der Waals surface area (Å²) in [5, 5.41) is 2.43. The monoisotopic (exact) mass is 274 g/mol. The molecule has 104 valence electrons. The first-order valence-electron chi connectivity index (χ1n) is 5.76. The number of hydrogen-bond acceptors (Lipinski definition) is 4. The molecule has 0 saturated carbocycles. The van der Waals surface area contributed by atoms with Gasteiger partial charge in [-0.2, -0.15) is 0 Å². The van der Waals surface area contributed by atoms with Crippen LogP contribution in [0.5, 0.6) is 5.75 Å². The number of ether oxygens (including phenoxy) is 1. The molecule has 1 rings (SSSR count). The average molecular weight is 274 g/mol. The minimum atomic E-state index is -0.916. The van der Waals surface area contributed by atoms with Crippen LogP contribution < -0.4 is 15.8 Å². The molecule has 0 aliphatic carbocycles. The first-order valence-corrected chi connectivity index (χ1v) is 5.76. The van der Waals surface area contributed by atoms with Gasteiger partial charge in [-0.25, -0.2) is 0 Å². The molecule has 1 aromatic carbocycles. The smallest absolute Gasteiger partial charge is 0.308 e. The maximum Gasteiger partial charge on any atom is 0.308 e. The second-order valence-corrected chi connectivity index (χ2v) is 3.95. The van der Waals surface area contributed by atoms with Gasteiger partial charge in [0.05, 0.1) is 0 Å². The van der Waals surface area contributed by atoms with Gasteiger partial charge in [-0.1, -0.05) is 0 Å². The maximum atomic E-state index is 11.9. The summed E-state index contributed by atoms with van der Waals surface area (Å²) in [6.45, 7) is 1.28. The third kappa shape index (κ3) is 4.46. The molecule has 0 radical (unpaired) electrons. The van der Waals surface area contributed by atoms with Gasteiger partial charge in [-0.05, 0) is 24.3 Å². The summed E-state index contributed by atoms with van der Waals surface area (Å²) in [7, 11) is 0. The molecule has 0 bridgehead atoms. The summed E-state index contributed by atoms with van der Waals surface area (Å²) in [4.78, 5) is 33.7. The van der Waals surface area contributed by atoms with Gasteiger partial charge < -0.3 is 15.8 Å². The van der Waals surface area contributed by atoms with Gasteiger partial charge in [0.1, 0.15) is 11.8 Å². The predicted molar refractivity (Wildman–Crippen MR) is 71.6 cm³/mol. The van der Waals surface area contributed by atoms with E-state index in [2.05, 4.69) is 11.2 Å². The van der Waals surface area contributed by atoms with Crippen molar-refractivity contribution in [1.82, 2.24) is 5.32 Å². The Balaban J connectivity index is 2.75. The van der Waals surface area contributed by atoms with E-state index in [0.717, 1.165) is 0 Å². The van der Waals surface area contributed by atoms with Gasteiger partial charge in [-0.15, -0.1) is 12.3 Å². The van der Waals surface area contributed by atoms with Gasteiger partial charge >= 0.3 is 5.97 Å². The SMILES string of the molecule is C#CC[C@H](NC(=O)c1ccc(OC(C)=O)cc1)C(N)=O. The molecular weight excluding hydrogens is 260 g/mol. The van der Waals surface area contributed by atoms with Crippen molar-refractivity contribution in [3.8, 4) is 18.1 Å². The van der Waals surface area contributed by atoms with Crippen molar-refractivity contribution in [3.63, 3.8) is 0 Å². The lowest BCUT2D eigenvalue weighted by Gasteiger charge is -2.12. The topological polar surface area (TPSA) is 98.5 Å². The van der Waals surface area contributed by atoms with E-state index in [0.29, 0.717) is 11.3 Å². The van der Waals surface area contributed by atoms with Crippen LogP contribution in [-0.4, -0.2) is 23.8 Å². The molecule has 6 nitrogen and oxygen atoms in total.